The molecule has 1 heterocycles. The summed E-state index contributed by atoms with van der Waals surface area (Å²) in [5.41, 5.74) is 1.87. The first-order chi connectivity index (χ1) is 12.4. The van der Waals surface area contributed by atoms with Crippen LogP contribution in [0.15, 0.2) is 53.4 Å². The lowest BCUT2D eigenvalue weighted by molar-refractivity contribution is -0.385. The molecule has 2 aromatic rings. The third-order valence-electron chi connectivity index (χ3n) is 4.80. The molecule has 1 unspecified atom stereocenters. The van der Waals surface area contributed by atoms with Crippen molar-refractivity contribution in [2.24, 2.45) is 0 Å². The van der Waals surface area contributed by atoms with Gasteiger partial charge in [-0.15, -0.1) is 0 Å². The van der Waals surface area contributed by atoms with Crippen LogP contribution in [0.2, 0.25) is 0 Å². The van der Waals surface area contributed by atoms with E-state index in [0.717, 1.165) is 42.9 Å². The van der Waals surface area contributed by atoms with E-state index in [2.05, 4.69) is 0 Å². The molecule has 1 fully saturated rings. The number of nitro benzene ring substituents is 1. The van der Waals surface area contributed by atoms with E-state index in [4.69, 9.17) is 0 Å². The minimum absolute atomic E-state index is 0.0225. The molecule has 0 spiro atoms. The predicted molar refractivity (Wildman–Crippen MR) is 99.4 cm³/mol. The highest BCUT2D eigenvalue weighted by Gasteiger charge is 2.34. The molecule has 7 heteroatoms. The molecule has 26 heavy (non-hydrogen) atoms. The van der Waals surface area contributed by atoms with Crippen molar-refractivity contribution < 1.29 is 13.3 Å². The van der Waals surface area contributed by atoms with E-state index in [-0.39, 0.29) is 16.6 Å². The second kappa shape index (κ2) is 7.55. The minimum atomic E-state index is -3.82. The summed E-state index contributed by atoms with van der Waals surface area (Å²) in [6.07, 6.45) is 3.47. The largest absolute Gasteiger partial charge is 0.270 e. The van der Waals surface area contributed by atoms with Gasteiger partial charge in [0.05, 0.1) is 15.9 Å². The molecular weight excluding hydrogens is 352 g/mol. The maximum atomic E-state index is 13.3. The molecular formula is C19H22N2O4S. The van der Waals surface area contributed by atoms with Gasteiger partial charge in [0.1, 0.15) is 0 Å². The van der Waals surface area contributed by atoms with Gasteiger partial charge in [-0.3, -0.25) is 10.1 Å². The van der Waals surface area contributed by atoms with E-state index >= 15 is 0 Å². The van der Waals surface area contributed by atoms with E-state index in [1.807, 2.05) is 31.2 Å². The van der Waals surface area contributed by atoms with Crippen molar-refractivity contribution in [3.05, 3.63) is 69.8 Å². The third kappa shape index (κ3) is 3.78. The number of hydrogen-bond acceptors (Lipinski definition) is 4. The highest BCUT2D eigenvalue weighted by molar-refractivity contribution is 7.89. The highest BCUT2D eigenvalue weighted by atomic mass is 32.2. The van der Waals surface area contributed by atoms with Crippen molar-refractivity contribution in [3.8, 4) is 0 Å². The maximum Gasteiger partial charge on any atom is 0.270 e. The zero-order valence-electron chi connectivity index (χ0n) is 14.7. The lowest BCUT2D eigenvalue weighted by Gasteiger charge is -2.29. The number of benzene rings is 2. The highest BCUT2D eigenvalue weighted by Crippen LogP contribution is 2.35. The summed E-state index contributed by atoms with van der Waals surface area (Å²) >= 11 is 0. The summed E-state index contributed by atoms with van der Waals surface area (Å²) in [5, 5.41) is 11.0. The Kier molecular flexibility index (Phi) is 5.38. The maximum absolute atomic E-state index is 13.3. The summed E-state index contributed by atoms with van der Waals surface area (Å²) in [5.74, 6) is 0. The van der Waals surface area contributed by atoms with Gasteiger partial charge < -0.3 is 0 Å². The fraction of sp³-hybridized carbons (Fsp3) is 0.368. The summed E-state index contributed by atoms with van der Waals surface area (Å²) in [7, 11) is -3.82. The fourth-order valence-corrected chi connectivity index (χ4v) is 5.11. The number of sulfonamides is 1. The molecule has 1 atom stereocenters. The van der Waals surface area contributed by atoms with Crippen molar-refractivity contribution in [1.82, 2.24) is 4.31 Å². The molecule has 1 saturated heterocycles. The lowest BCUT2D eigenvalue weighted by atomic mass is 10.0. The normalized spacial score (nSPS) is 19.0. The van der Waals surface area contributed by atoms with E-state index in [0.29, 0.717) is 6.54 Å². The van der Waals surface area contributed by atoms with Gasteiger partial charge in [-0.2, -0.15) is 4.31 Å². The van der Waals surface area contributed by atoms with Gasteiger partial charge >= 0.3 is 0 Å². The van der Waals surface area contributed by atoms with Crippen LogP contribution in [0.1, 0.15) is 42.9 Å². The molecule has 1 aliphatic rings. The van der Waals surface area contributed by atoms with Gasteiger partial charge in [-0.05, 0) is 31.4 Å². The zero-order valence-corrected chi connectivity index (χ0v) is 15.5. The second-order valence-corrected chi connectivity index (χ2v) is 8.54. The van der Waals surface area contributed by atoms with Crippen molar-refractivity contribution in [3.63, 3.8) is 0 Å². The van der Waals surface area contributed by atoms with Crippen LogP contribution in [-0.4, -0.2) is 24.2 Å². The van der Waals surface area contributed by atoms with E-state index in [1.165, 1.54) is 22.5 Å². The van der Waals surface area contributed by atoms with E-state index in [1.54, 1.807) is 0 Å². The first-order valence-corrected chi connectivity index (χ1v) is 10.2. The number of hydrogen-bond donors (Lipinski definition) is 0. The smallest absolute Gasteiger partial charge is 0.258 e. The second-order valence-electron chi connectivity index (χ2n) is 6.65. The Morgan fingerprint density at radius 1 is 1.08 bits per heavy atom. The predicted octanol–water partition coefficient (Wildman–Crippen LogP) is 4.21. The molecule has 3 rings (SSSR count). The third-order valence-corrected chi connectivity index (χ3v) is 6.71. The number of rotatable bonds is 4. The van der Waals surface area contributed by atoms with Gasteiger partial charge in [0.15, 0.2) is 0 Å². The van der Waals surface area contributed by atoms with Crippen molar-refractivity contribution in [2.75, 3.05) is 6.54 Å². The molecule has 0 radical (unpaired) electrons. The molecule has 0 saturated carbocycles. The molecule has 6 nitrogen and oxygen atoms in total. The summed E-state index contributed by atoms with van der Waals surface area (Å²) in [6, 6.07) is 13.0. The number of nitrogens with zero attached hydrogens (tertiary/aromatic N) is 2. The Balaban J connectivity index is 2.03. The molecule has 0 amide bonds. The van der Waals surface area contributed by atoms with Crippen molar-refractivity contribution >= 4 is 15.7 Å². The van der Waals surface area contributed by atoms with Gasteiger partial charge in [0.25, 0.3) is 5.69 Å². The van der Waals surface area contributed by atoms with Gasteiger partial charge in [0, 0.05) is 18.7 Å². The van der Waals surface area contributed by atoms with Crippen LogP contribution >= 0.6 is 0 Å². The van der Waals surface area contributed by atoms with Crippen LogP contribution in [0.4, 0.5) is 5.69 Å². The molecule has 0 aliphatic carbocycles. The van der Waals surface area contributed by atoms with Gasteiger partial charge in [-0.1, -0.05) is 48.7 Å². The number of non-ortho nitro benzene ring substituents is 1. The molecule has 0 N–H and O–H groups in total. The number of aryl methyl sites for hydroxylation is 1. The first kappa shape index (κ1) is 18.5. The van der Waals surface area contributed by atoms with Crippen molar-refractivity contribution in [2.45, 2.75) is 43.5 Å². The summed E-state index contributed by atoms with van der Waals surface area (Å²) in [6.45, 7) is 2.41. The molecule has 2 aromatic carbocycles. The average molecular weight is 374 g/mol. The van der Waals surface area contributed by atoms with Crippen LogP contribution in [0.3, 0.4) is 0 Å². The Morgan fingerprint density at radius 2 is 1.81 bits per heavy atom. The van der Waals surface area contributed by atoms with Crippen LogP contribution in [0, 0.1) is 17.0 Å². The Hall–Kier alpha value is -2.25. The molecule has 1 aliphatic heterocycles. The molecule has 0 bridgehead atoms. The van der Waals surface area contributed by atoms with Gasteiger partial charge in [0.2, 0.25) is 10.0 Å². The van der Waals surface area contributed by atoms with Crippen LogP contribution in [0.5, 0.6) is 0 Å². The minimum Gasteiger partial charge on any atom is -0.258 e. The quantitative estimate of drug-likeness (QED) is 0.593. The Labute approximate surface area is 153 Å². The molecule has 138 valence electrons. The van der Waals surface area contributed by atoms with Crippen LogP contribution < -0.4 is 0 Å². The van der Waals surface area contributed by atoms with E-state index in [9.17, 15) is 18.5 Å². The molecule has 0 aromatic heterocycles. The van der Waals surface area contributed by atoms with Crippen LogP contribution in [0.25, 0.3) is 0 Å². The Bertz CT molecular complexity index is 894. The topological polar surface area (TPSA) is 80.5 Å². The lowest BCUT2D eigenvalue weighted by Crippen LogP contribution is -2.34. The summed E-state index contributed by atoms with van der Waals surface area (Å²) in [4.78, 5) is 10.4. The SMILES string of the molecule is Cc1ccc(C2CCCCCN2S(=O)(=O)c2cccc([N+](=O)[O-])c2)cc1. The summed E-state index contributed by atoms with van der Waals surface area (Å²) < 4.78 is 28.1. The van der Waals surface area contributed by atoms with E-state index < -0.39 is 14.9 Å². The first-order valence-electron chi connectivity index (χ1n) is 8.72. The number of nitro groups is 1. The van der Waals surface area contributed by atoms with Gasteiger partial charge in [-0.25, -0.2) is 8.42 Å². The fourth-order valence-electron chi connectivity index (χ4n) is 3.38. The standard InChI is InChI=1S/C19H22N2O4S/c1-15-9-11-16(12-10-15)19-8-3-2-4-13-20(19)26(24,25)18-7-5-6-17(14-18)21(22)23/h5-7,9-12,14,19H,2-4,8,13H2,1H3. The zero-order chi connectivity index (χ0) is 18.7. The van der Waals surface area contributed by atoms with Crippen LogP contribution in [-0.2, 0) is 10.0 Å². The monoisotopic (exact) mass is 374 g/mol. The van der Waals surface area contributed by atoms with Crippen molar-refractivity contribution in [1.29, 1.82) is 0 Å². The average Bonchev–Trinajstić information content (AvgIpc) is 2.89. The Morgan fingerprint density at radius 3 is 2.50 bits per heavy atom.